The van der Waals surface area contributed by atoms with Crippen molar-refractivity contribution in [3.8, 4) is 0 Å². The minimum Gasteiger partial charge on any atom is -0.379 e. The van der Waals surface area contributed by atoms with Crippen molar-refractivity contribution in [2.24, 2.45) is 0 Å². The second-order valence-corrected chi connectivity index (χ2v) is 5.04. The van der Waals surface area contributed by atoms with Gasteiger partial charge >= 0.3 is 6.18 Å². The molecule has 19 heavy (non-hydrogen) atoms. The number of β-amino-alcohol motifs (C(OH)–C–C–N with tert-alkyl or cyclic N) is 1. The Labute approximate surface area is 115 Å². The van der Waals surface area contributed by atoms with Crippen molar-refractivity contribution in [3.63, 3.8) is 0 Å². The lowest BCUT2D eigenvalue weighted by Gasteiger charge is -2.29. The van der Waals surface area contributed by atoms with E-state index in [1.54, 1.807) is 0 Å². The molecule has 2 aliphatic rings. The van der Waals surface area contributed by atoms with Gasteiger partial charge in [-0.05, 0) is 19.4 Å². The van der Waals surface area contributed by atoms with E-state index in [-0.39, 0.29) is 24.9 Å². The molecule has 0 aromatic rings. The zero-order valence-corrected chi connectivity index (χ0v) is 11.2. The molecule has 0 radical (unpaired) electrons. The molecule has 0 saturated carbocycles. The van der Waals surface area contributed by atoms with Crippen molar-refractivity contribution in [3.05, 3.63) is 0 Å². The van der Waals surface area contributed by atoms with E-state index < -0.39 is 30.8 Å². The van der Waals surface area contributed by atoms with Crippen molar-refractivity contribution in [1.82, 2.24) is 10.2 Å². The van der Waals surface area contributed by atoms with Crippen LogP contribution >= 0.6 is 12.4 Å². The highest BCUT2D eigenvalue weighted by molar-refractivity contribution is 5.85. The number of carbonyl (C=O) groups excluding carboxylic acids is 1. The number of amides is 1. The summed E-state index contributed by atoms with van der Waals surface area (Å²) in [4.78, 5) is 13.1. The van der Waals surface area contributed by atoms with Gasteiger partial charge in [0.25, 0.3) is 0 Å². The molecule has 0 aromatic heterocycles. The van der Waals surface area contributed by atoms with Gasteiger partial charge in [0.2, 0.25) is 5.91 Å². The first-order chi connectivity index (χ1) is 8.33. The molecule has 1 unspecified atom stereocenters. The summed E-state index contributed by atoms with van der Waals surface area (Å²) in [7, 11) is 0. The van der Waals surface area contributed by atoms with Crippen LogP contribution in [0.3, 0.4) is 0 Å². The molecule has 2 rings (SSSR count). The van der Waals surface area contributed by atoms with Crippen LogP contribution in [0.25, 0.3) is 0 Å². The first-order valence-corrected chi connectivity index (χ1v) is 6.15. The number of halogens is 4. The average molecular weight is 303 g/mol. The predicted octanol–water partition coefficient (Wildman–Crippen LogP) is 1.08. The maximum absolute atomic E-state index is 12.6. The summed E-state index contributed by atoms with van der Waals surface area (Å²) in [5, 5.41) is 12.5. The number of piperidine rings is 1. The fourth-order valence-corrected chi connectivity index (χ4v) is 2.50. The number of nitrogens with one attached hydrogen (secondary N) is 1. The highest BCUT2D eigenvalue weighted by Gasteiger charge is 2.58. The van der Waals surface area contributed by atoms with E-state index in [4.69, 9.17) is 0 Å². The fraction of sp³-hybridized carbons (Fsp3) is 0.909. The Bertz CT molecular complexity index is 334. The number of aliphatic hydroxyl groups is 1. The lowest BCUT2D eigenvalue weighted by molar-refractivity contribution is -0.253. The molecule has 0 aromatic carbocycles. The van der Waals surface area contributed by atoms with E-state index in [2.05, 4.69) is 5.32 Å². The van der Waals surface area contributed by atoms with Crippen LogP contribution in [0.2, 0.25) is 0 Å². The number of carbonyl (C=O) groups is 1. The molecule has 2 saturated heterocycles. The standard InChI is InChI=1S/C11H17F3N2O2.ClH/c12-11(13,14)10(18)4-6-16(7-10)9(17)8-3-1-2-5-15-8;/h8,15,18H,1-7H2;1H/t8-,10?;/m0./s1. The third-order valence-corrected chi connectivity index (χ3v) is 3.70. The Hall–Kier alpha value is -0.530. The maximum Gasteiger partial charge on any atom is 0.419 e. The Morgan fingerprint density at radius 2 is 2.05 bits per heavy atom. The number of likely N-dealkylation sites (tertiary alicyclic amines) is 1. The van der Waals surface area contributed by atoms with Gasteiger partial charge in [-0.3, -0.25) is 4.79 Å². The molecule has 2 fully saturated rings. The van der Waals surface area contributed by atoms with Gasteiger partial charge in [0, 0.05) is 13.0 Å². The number of alkyl halides is 3. The van der Waals surface area contributed by atoms with E-state index >= 15 is 0 Å². The Morgan fingerprint density at radius 1 is 1.37 bits per heavy atom. The van der Waals surface area contributed by atoms with E-state index in [0.717, 1.165) is 17.7 Å². The molecule has 2 N–H and O–H groups in total. The van der Waals surface area contributed by atoms with Crippen LogP contribution in [0.5, 0.6) is 0 Å². The van der Waals surface area contributed by atoms with E-state index in [9.17, 15) is 23.1 Å². The number of nitrogens with zero attached hydrogens (tertiary/aromatic N) is 1. The normalized spacial score (nSPS) is 32.0. The van der Waals surface area contributed by atoms with Crippen LogP contribution in [0, 0.1) is 0 Å². The Kier molecular flexibility index (Phi) is 5.08. The van der Waals surface area contributed by atoms with Crippen LogP contribution in [0.15, 0.2) is 0 Å². The minimum absolute atomic E-state index is 0. The largest absolute Gasteiger partial charge is 0.419 e. The quantitative estimate of drug-likeness (QED) is 0.762. The second-order valence-electron chi connectivity index (χ2n) is 5.04. The summed E-state index contributed by atoms with van der Waals surface area (Å²) in [6.45, 7) is 0.0360. The predicted molar refractivity (Wildman–Crippen MR) is 65.1 cm³/mol. The molecule has 2 heterocycles. The molecule has 0 spiro atoms. The first-order valence-electron chi connectivity index (χ1n) is 6.15. The van der Waals surface area contributed by atoms with E-state index in [1.807, 2.05) is 0 Å². The summed E-state index contributed by atoms with van der Waals surface area (Å²) in [6.07, 6.45) is -2.58. The highest BCUT2D eigenvalue weighted by Crippen LogP contribution is 2.37. The third-order valence-electron chi connectivity index (χ3n) is 3.70. The lowest BCUT2D eigenvalue weighted by atomic mass is 10.0. The lowest BCUT2D eigenvalue weighted by Crippen LogP contribution is -2.51. The van der Waals surface area contributed by atoms with E-state index in [0.29, 0.717) is 13.0 Å². The zero-order chi connectivity index (χ0) is 13.4. The van der Waals surface area contributed by atoms with Gasteiger partial charge in [-0.25, -0.2) is 0 Å². The molecular weight excluding hydrogens is 285 g/mol. The zero-order valence-electron chi connectivity index (χ0n) is 10.4. The topological polar surface area (TPSA) is 52.6 Å². The summed E-state index contributed by atoms with van der Waals surface area (Å²) in [5.41, 5.74) is -2.74. The van der Waals surface area contributed by atoms with Crippen LogP contribution in [0.4, 0.5) is 13.2 Å². The molecular formula is C11H18ClF3N2O2. The fourth-order valence-electron chi connectivity index (χ4n) is 2.50. The van der Waals surface area contributed by atoms with Gasteiger partial charge in [-0.1, -0.05) is 6.42 Å². The van der Waals surface area contributed by atoms with Crippen LogP contribution in [0.1, 0.15) is 25.7 Å². The SMILES string of the molecule is Cl.O=C([C@@H]1CCCCN1)N1CCC(O)(C(F)(F)F)C1. The highest BCUT2D eigenvalue weighted by atomic mass is 35.5. The monoisotopic (exact) mass is 302 g/mol. The Morgan fingerprint density at radius 3 is 2.53 bits per heavy atom. The number of hydrogen-bond acceptors (Lipinski definition) is 3. The van der Waals surface area contributed by atoms with Gasteiger partial charge in [-0.2, -0.15) is 13.2 Å². The molecule has 8 heteroatoms. The average Bonchev–Trinajstić information content (AvgIpc) is 2.73. The van der Waals surface area contributed by atoms with Gasteiger partial charge < -0.3 is 15.3 Å². The minimum atomic E-state index is -4.68. The molecule has 1 amide bonds. The maximum atomic E-state index is 12.6. The Balaban J connectivity index is 0.00000180. The molecule has 2 aliphatic heterocycles. The summed E-state index contributed by atoms with van der Waals surface area (Å²) in [5.74, 6) is -0.324. The van der Waals surface area contributed by atoms with Crippen molar-refractivity contribution in [2.45, 2.75) is 43.5 Å². The van der Waals surface area contributed by atoms with Gasteiger partial charge in [0.05, 0.1) is 12.6 Å². The van der Waals surface area contributed by atoms with Gasteiger partial charge in [0.1, 0.15) is 0 Å². The molecule has 0 bridgehead atoms. The van der Waals surface area contributed by atoms with Crippen molar-refractivity contribution >= 4 is 18.3 Å². The second kappa shape index (κ2) is 5.85. The smallest absolute Gasteiger partial charge is 0.379 e. The first kappa shape index (κ1) is 16.5. The number of hydrogen-bond donors (Lipinski definition) is 2. The van der Waals surface area contributed by atoms with Gasteiger partial charge in [-0.15, -0.1) is 12.4 Å². The van der Waals surface area contributed by atoms with E-state index in [1.165, 1.54) is 0 Å². The van der Waals surface area contributed by atoms with Crippen LogP contribution < -0.4 is 5.32 Å². The molecule has 4 nitrogen and oxygen atoms in total. The van der Waals surface area contributed by atoms with Crippen LogP contribution in [-0.2, 0) is 4.79 Å². The summed E-state index contributed by atoms with van der Waals surface area (Å²) in [6, 6.07) is -0.394. The number of rotatable bonds is 1. The van der Waals surface area contributed by atoms with Crippen molar-refractivity contribution in [2.75, 3.05) is 19.6 Å². The molecule has 2 atom stereocenters. The van der Waals surface area contributed by atoms with Crippen molar-refractivity contribution in [1.29, 1.82) is 0 Å². The van der Waals surface area contributed by atoms with Crippen LogP contribution in [-0.4, -0.2) is 53.4 Å². The summed E-state index contributed by atoms with van der Waals surface area (Å²) >= 11 is 0. The summed E-state index contributed by atoms with van der Waals surface area (Å²) < 4.78 is 37.9. The van der Waals surface area contributed by atoms with Crippen molar-refractivity contribution < 1.29 is 23.1 Å². The van der Waals surface area contributed by atoms with Gasteiger partial charge in [0.15, 0.2) is 5.60 Å². The third kappa shape index (κ3) is 3.32. The molecule has 112 valence electrons. The molecule has 0 aliphatic carbocycles.